The highest BCUT2D eigenvalue weighted by Gasteiger charge is 2.26. The topological polar surface area (TPSA) is 22.0 Å². The normalized spacial score (nSPS) is 20.6. The molecule has 1 fully saturated rings. The van der Waals surface area contributed by atoms with Crippen LogP contribution in [0.2, 0.25) is 0 Å². The van der Waals surface area contributed by atoms with Crippen LogP contribution in [0.3, 0.4) is 0 Å². The molecule has 18 heavy (non-hydrogen) atoms. The third-order valence-corrected chi connectivity index (χ3v) is 4.31. The number of aromatic nitrogens is 1. The van der Waals surface area contributed by atoms with Crippen LogP contribution in [0.4, 0.5) is 0 Å². The molecular weight excluding hydrogens is 222 g/mol. The third kappa shape index (κ3) is 1.59. The molecule has 0 spiro atoms. The van der Waals surface area contributed by atoms with Crippen molar-refractivity contribution in [2.75, 3.05) is 0 Å². The summed E-state index contributed by atoms with van der Waals surface area (Å²) in [4.78, 5) is 12.2. The predicted octanol–water partition coefficient (Wildman–Crippen LogP) is 3.94. The van der Waals surface area contributed by atoms with Gasteiger partial charge in [0, 0.05) is 23.0 Å². The molecule has 1 heterocycles. The molecule has 0 N–H and O–H groups in total. The average molecular weight is 241 g/mol. The number of carbonyl (C=O) groups excluding carboxylic acids is 1. The lowest BCUT2D eigenvalue weighted by Gasteiger charge is -2.24. The molecular formula is C16H19NO. The van der Waals surface area contributed by atoms with Gasteiger partial charge in [-0.15, -0.1) is 0 Å². The molecule has 0 aliphatic heterocycles. The van der Waals surface area contributed by atoms with Crippen LogP contribution in [-0.4, -0.2) is 10.4 Å². The molecule has 0 radical (unpaired) electrons. The summed E-state index contributed by atoms with van der Waals surface area (Å²) in [6.45, 7) is 4.29. The number of para-hydroxylation sites is 1. The highest BCUT2D eigenvalue weighted by atomic mass is 16.1. The van der Waals surface area contributed by atoms with Gasteiger partial charge in [0.15, 0.2) is 5.78 Å². The molecule has 2 aromatic rings. The number of Topliss-reactive ketones (excluding diaryl/α,β-unsaturated/α-hetero) is 1. The van der Waals surface area contributed by atoms with Crippen LogP contribution < -0.4 is 0 Å². The molecule has 3 rings (SSSR count). The minimum Gasteiger partial charge on any atom is -0.334 e. The fourth-order valence-corrected chi connectivity index (χ4v) is 3.20. The molecule has 1 atom stereocenters. The lowest BCUT2D eigenvalue weighted by Crippen LogP contribution is -2.23. The first kappa shape index (κ1) is 11.5. The Bertz CT molecular complexity index is 609. The van der Waals surface area contributed by atoms with Gasteiger partial charge in [-0.2, -0.15) is 0 Å². The van der Waals surface area contributed by atoms with E-state index in [0.29, 0.717) is 5.78 Å². The zero-order valence-electron chi connectivity index (χ0n) is 11.1. The van der Waals surface area contributed by atoms with Gasteiger partial charge in [0.2, 0.25) is 0 Å². The standard InChI is InChI=1S/C16H19NO/c1-11-12(2)17(14-8-4-3-7-13(11)14)15-9-5-6-10-16(15)18/h3-4,7-8,15H,5-6,9-10H2,1-2H3. The maximum atomic E-state index is 12.2. The second-order valence-corrected chi connectivity index (χ2v) is 5.33. The Kier molecular flexibility index (Phi) is 2.73. The maximum absolute atomic E-state index is 12.2. The van der Waals surface area contributed by atoms with E-state index in [4.69, 9.17) is 0 Å². The molecule has 94 valence electrons. The predicted molar refractivity (Wildman–Crippen MR) is 73.9 cm³/mol. The summed E-state index contributed by atoms with van der Waals surface area (Å²) in [6, 6.07) is 8.49. The van der Waals surface area contributed by atoms with Gasteiger partial charge in [0.1, 0.15) is 0 Å². The van der Waals surface area contributed by atoms with Crippen molar-refractivity contribution in [2.45, 2.75) is 45.6 Å². The first-order valence-electron chi connectivity index (χ1n) is 6.79. The fourth-order valence-electron chi connectivity index (χ4n) is 3.20. The van der Waals surface area contributed by atoms with Crippen LogP contribution >= 0.6 is 0 Å². The van der Waals surface area contributed by atoms with Gasteiger partial charge in [0.25, 0.3) is 0 Å². The Labute approximate surface area is 108 Å². The van der Waals surface area contributed by atoms with Crippen LogP contribution in [0.15, 0.2) is 24.3 Å². The quantitative estimate of drug-likeness (QED) is 0.741. The van der Waals surface area contributed by atoms with Crippen LogP contribution in [-0.2, 0) is 4.79 Å². The average Bonchev–Trinajstić information content (AvgIpc) is 2.64. The van der Waals surface area contributed by atoms with Crippen molar-refractivity contribution in [3.05, 3.63) is 35.5 Å². The molecule has 1 unspecified atom stereocenters. The van der Waals surface area contributed by atoms with Gasteiger partial charge >= 0.3 is 0 Å². The van der Waals surface area contributed by atoms with Crippen molar-refractivity contribution in [1.82, 2.24) is 4.57 Å². The second-order valence-electron chi connectivity index (χ2n) is 5.33. The zero-order valence-corrected chi connectivity index (χ0v) is 11.1. The molecule has 0 amide bonds. The molecule has 1 aromatic carbocycles. The van der Waals surface area contributed by atoms with E-state index < -0.39 is 0 Å². The SMILES string of the molecule is Cc1c(C)n(C2CCCCC2=O)c2ccccc12. The highest BCUT2D eigenvalue weighted by molar-refractivity contribution is 5.90. The van der Waals surface area contributed by atoms with Crippen LogP contribution in [0.1, 0.15) is 43.0 Å². The number of aryl methyl sites for hydroxylation is 1. The number of benzene rings is 1. The van der Waals surface area contributed by atoms with Gasteiger partial charge in [0.05, 0.1) is 6.04 Å². The van der Waals surface area contributed by atoms with Gasteiger partial charge in [-0.3, -0.25) is 4.79 Å². The number of fused-ring (bicyclic) bond motifs is 1. The minimum atomic E-state index is 0.0670. The van der Waals surface area contributed by atoms with E-state index in [0.717, 1.165) is 19.3 Å². The zero-order chi connectivity index (χ0) is 12.7. The van der Waals surface area contributed by atoms with Crippen molar-refractivity contribution in [2.24, 2.45) is 0 Å². The van der Waals surface area contributed by atoms with Gasteiger partial charge < -0.3 is 4.57 Å². The van der Waals surface area contributed by atoms with E-state index in [1.165, 1.54) is 28.6 Å². The molecule has 1 aliphatic carbocycles. The largest absolute Gasteiger partial charge is 0.334 e. The summed E-state index contributed by atoms with van der Waals surface area (Å²) in [7, 11) is 0. The van der Waals surface area contributed by atoms with Gasteiger partial charge in [-0.25, -0.2) is 0 Å². The molecule has 1 aromatic heterocycles. The lowest BCUT2D eigenvalue weighted by atomic mass is 9.93. The maximum Gasteiger partial charge on any atom is 0.155 e. The highest BCUT2D eigenvalue weighted by Crippen LogP contribution is 2.33. The molecule has 2 nitrogen and oxygen atoms in total. The van der Waals surface area contributed by atoms with Crippen molar-refractivity contribution >= 4 is 16.7 Å². The molecule has 0 bridgehead atoms. The second kappa shape index (κ2) is 4.27. The van der Waals surface area contributed by atoms with Crippen LogP contribution in [0.25, 0.3) is 10.9 Å². The van der Waals surface area contributed by atoms with Crippen LogP contribution in [0, 0.1) is 13.8 Å². The minimum absolute atomic E-state index is 0.0670. The van der Waals surface area contributed by atoms with E-state index >= 15 is 0 Å². The van der Waals surface area contributed by atoms with Gasteiger partial charge in [-0.05, 0) is 38.3 Å². The van der Waals surface area contributed by atoms with E-state index in [2.05, 4.69) is 42.7 Å². The molecule has 0 saturated heterocycles. The van der Waals surface area contributed by atoms with Gasteiger partial charge in [-0.1, -0.05) is 24.6 Å². The first-order valence-corrected chi connectivity index (χ1v) is 6.79. The van der Waals surface area contributed by atoms with Crippen LogP contribution in [0.5, 0.6) is 0 Å². The Hall–Kier alpha value is -1.57. The number of ketones is 1. The van der Waals surface area contributed by atoms with E-state index in [1.54, 1.807) is 0 Å². The monoisotopic (exact) mass is 241 g/mol. The number of hydrogen-bond donors (Lipinski definition) is 0. The lowest BCUT2D eigenvalue weighted by molar-refractivity contribution is -0.123. The number of nitrogens with zero attached hydrogens (tertiary/aromatic N) is 1. The molecule has 1 saturated carbocycles. The summed E-state index contributed by atoms with van der Waals surface area (Å²) in [5.74, 6) is 0.408. The van der Waals surface area contributed by atoms with E-state index in [9.17, 15) is 4.79 Å². The fraction of sp³-hybridized carbons (Fsp3) is 0.438. The summed E-state index contributed by atoms with van der Waals surface area (Å²) < 4.78 is 2.27. The summed E-state index contributed by atoms with van der Waals surface area (Å²) >= 11 is 0. The van der Waals surface area contributed by atoms with Crippen molar-refractivity contribution < 1.29 is 4.79 Å². The van der Waals surface area contributed by atoms with E-state index in [1.807, 2.05) is 0 Å². The Morgan fingerprint density at radius 2 is 1.94 bits per heavy atom. The van der Waals surface area contributed by atoms with Crippen molar-refractivity contribution in [1.29, 1.82) is 0 Å². The smallest absolute Gasteiger partial charge is 0.155 e. The van der Waals surface area contributed by atoms with Crippen molar-refractivity contribution in [3.8, 4) is 0 Å². The number of rotatable bonds is 1. The number of carbonyl (C=O) groups is 1. The first-order chi connectivity index (χ1) is 8.70. The Morgan fingerprint density at radius 3 is 2.72 bits per heavy atom. The third-order valence-electron chi connectivity index (χ3n) is 4.31. The summed E-state index contributed by atoms with van der Waals surface area (Å²) in [5.41, 5.74) is 3.77. The Balaban J connectivity index is 2.22. The summed E-state index contributed by atoms with van der Waals surface area (Å²) in [6.07, 6.45) is 3.97. The molecule has 2 heteroatoms. The Morgan fingerprint density at radius 1 is 1.17 bits per heavy atom. The summed E-state index contributed by atoms with van der Waals surface area (Å²) in [5, 5.41) is 1.29. The van der Waals surface area contributed by atoms with E-state index in [-0.39, 0.29) is 6.04 Å². The molecule has 1 aliphatic rings. The number of hydrogen-bond acceptors (Lipinski definition) is 1. The van der Waals surface area contributed by atoms with Crippen molar-refractivity contribution in [3.63, 3.8) is 0 Å².